The highest BCUT2D eigenvalue weighted by atomic mass is 16.5. The van der Waals surface area contributed by atoms with E-state index in [4.69, 9.17) is 15.0 Å². The molecule has 0 amide bonds. The molecule has 1 saturated carbocycles. The van der Waals surface area contributed by atoms with Gasteiger partial charge in [-0.2, -0.15) is 4.98 Å². The third-order valence-corrected chi connectivity index (χ3v) is 3.59. The molecule has 2 aliphatic rings. The molecule has 2 fully saturated rings. The molecule has 1 aromatic heterocycles. The van der Waals surface area contributed by atoms with E-state index in [0.29, 0.717) is 17.6 Å². The van der Waals surface area contributed by atoms with Gasteiger partial charge in [0.2, 0.25) is 5.89 Å². The second-order valence-electron chi connectivity index (χ2n) is 5.10. The topological polar surface area (TPSA) is 74.2 Å². The lowest BCUT2D eigenvalue weighted by molar-refractivity contribution is 0.0124. The number of aromatic nitrogens is 2. The van der Waals surface area contributed by atoms with E-state index >= 15 is 0 Å². The van der Waals surface area contributed by atoms with Crippen LogP contribution < -0.4 is 5.73 Å². The summed E-state index contributed by atoms with van der Waals surface area (Å²) in [5.74, 6) is 1.90. The quantitative estimate of drug-likeness (QED) is 0.860. The lowest BCUT2D eigenvalue weighted by Crippen LogP contribution is -2.21. The molecule has 3 rings (SSSR count). The molecule has 94 valence electrons. The first kappa shape index (κ1) is 11.2. The maximum Gasteiger partial charge on any atom is 0.229 e. The predicted octanol–water partition coefficient (Wildman–Crippen LogP) is 1.59. The SMILES string of the molecule is NC(c1noc(CC2CCCCO2)n1)C1CC1. The summed E-state index contributed by atoms with van der Waals surface area (Å²) in [7, 11) is 0. The number of hydrogen-bond acceptors (Lipinski definition) is 5. The molecular weight excluding hydrogens is 218 g/mol. The Balaban J connectivity index is 1.59. The Bertz CT molecular complexity index is 370. The van der Waals surface area contributed by atoms with Crippen LogP contribution in [0.3, 0.4) is 0 Å². The summed E-state index contributed by atoms with van der Waals surface area (Å²) >= 11 is 0. The monoisotopic (exact) mass is 237 g/mol. The lowest BCUT2D eigenvalue weighted by Gasteiger charge is -2.20. The Morgan fingerprint density at radius 3 is 2.88 bits per heavy atom. The summed E-state index contributed by atoms with van der Waals surface area (Å²) in [4.78, 5) is 4.38. The summed E-state index contributed by atoms with van der Waals surface area (Å²) in [5.41, 5.74) is 6.03. The van der Waals surface area contributed by atoms with Crippen molar-refractivity contribution in [3.63, 3.8) is 0 Å². The molecule has 2 N–H and O–H groups in total. The molecule has 2 heterocycles. The van der Waals surface area contributed by atoms with Gasteiger partial charge in [-0.1, -0.05) is 5.16 Å². The molecule has 1 aromatic rings. The minimum atomic E-state index is -0.0419. The molecular formula is C12H19N3O2. The van der Waals surface area contributed by atoms with E-state index in [2.05, 4.69) is 10.1 Å². The van der Waals surface area contributed by atoms with Crippen LogP contribution in [0.5, 0.6) is 0 Å². The van der Waals surface area contributed by atoms with Gasteiger partial charge >= 0.3 is 0 Å². The standard InChI is InChI=1S/C12H19N3O2/c13-11(8-4-5-8)12-14-10(17-15-12)7-9-3-1-2-6-16-9/h8-9,11H,1-7,13H2. The van der Waals surface area contributed by atoms with Crippen LogP contribution >= 0.6 is 0 Å². The van der Waals surface area contributed by atoms with Gasteiger partial charge in [-0.3, -0.25) is 0 Å². The highest BCUT2D eigenvalue weighted by Gasteiger charge is 2.32. The van der Waals surface area contributed by atoms with E-state index in [1.165, 1.54) is 19.3 Å². The van der Waals surface area contributed by atoms with E-state index in [-0.39, 0.29) is 12.1 Å². The first-order chi connectivity index (χ1) is 8.33. The van der Waals surface area contributed by atoms with Gasteiger partial charge in [-0.15, -0.1) is 0 Å². The van der Waals surface area contributed by atoms with Crippen molar-refractivity contribution < 1.29 is 9.26 Å². The van der Waals surface area contributed by atoms with Gasteiger partial charge in [-0.05, 0) is 38.0 Å². The molecule has 5 heteroatoms. The maximum atomic E-state index is 6.03. The summed E-state index contributed by atoms with van der Waals surface area (Å²) in [6, 6.07) is -0.0419. The Morgan fingerprint density at radius 2 is 2.18 bits per heavy atom. The van der Waals surface area contributed by atoms with Crippen molar-refractivity contribution in [2.45, 2.75) is 50.7 Å². The fraction of sp³-hybridized carbons (Fsp3) is 0.833. The van der Waals surface area contributed by atoms with Crippen molar-refractivity contribution in [2.75, 3.05) is 6.61 Å². The number of ether oxygens (including phenoxy) is 1. The van der Waals surface area contributed by atoms with E-state index in [1.807, 2.05) is 0 Å². The predicted molar refractivity (Wildman–Crippen MR) is 61.2 cm³/mol. The molecule has 1 aliphatic heterocycles. The molecule has 5 nitrogen and oxygen atoms in total. The minimum Gasteiger partial charge on any atom is -0.378 e. The fourth-order valence-corrected chi connectivity index (χ4v) is 2.32. The van der Waals surface area contributed by atoms with Gasteiger partial charge in [0.05, 0.1) is 18.6 Å². The first-order valence-corrected chi connectivity index (χ1v) is 6.52. The Morgan fingerprint density at radius 1 is 1.29 bits per heavy atom. The van der Waals surface area contributed by atoms with Gasteiger partial charge < -0.3 is 15.0 Å². The van der Waals surface area contributed by atoms with Gasteiger partial charge in [0, 0.05) is 6.61 Å². The third kappa shape index (κ3) is 2.66. The third-order valence-electron chi connectivity index (χ3n) is 3.59. The van der Waals surface area contributed by atoms with Crippen molar-refractivity contribution in [3.8, 4) is 0 Å². The van der Waals surface area contributed by atoms with Crippen LogP contribution in [0.2, 0.25) is 0 Å². The highest BCUT2D eigenvalue weighted by Crippen LogP contribution is 2.38. The molecule has 0 spiro atoms. The number of nitrogens with two attached hydrogens (primary N) is 1. The number of rotatable bonds is 4. The molecule has 1 saturated heterocycles. The average Bonchev–Trinajstić information content (AvgIpc) is 3.11. The van der Waals surface area contributed by atoms with Crippen LogP contribution in [0.1, 0.15) is 49.9 Å². The summed E-state index contributed by atoms with van der Waals surface area (Å²) in [5, 5.41) is 3.98. The normalized spacial score (nSPS) is 27.0. The highest BCUT2D eigenvalue weighted by molar-refractivity contribution is 5.00. The van der Waals surface area contributed by atoms with Crippen LogP contribution in [0.15, 0.2) is 4.52 Å². The zero-order chi connectivity index (χ0) is 11.7. The molecule has 0 aromatic carbocycles. The summed E-state index contributed by atoms with van der Waals surface area (Å²) in [6.07, 6.45) is 6.84. The summed E-state index contributed by atoms with van der Waals surface area (Å²) in [6.45, 7) is 0.854. The molecule has 1 aliphatic carbocycles. The van der Waals surface area contributed by atoms with Crippen molar-refractivity contribution in [1.29, 1.82) is 0 Å². The van der Waals surface area contributed by atoms with E-state index in [0.717, 1.165) is 25.9 Å². The average molecular weight is 237 g/mol. The van der Waals surface area contributed by atoms with E-state index in [1.54, 1.807) is 0 Å². The van der Waals surface area contributed by atoms with Crippen molar-refractivity contribution in [3.05, 3.63) is 11.7 Å². The van der Waals surface area contributed by atoms with Crippen LogP contribution in [-0.4, -0.2) is 22.9 Å². The second kappa shape index (κ2) is 4.74. The van der Waals surface area contributed by atoms with Gasteiger partial charge in [-0.25, -0.2) is 0 Å². The van der Waals surface area contributed by atoms with Crippen LogP contribution in [0, 0.1) is 5.92 Å². The van der Waals surface area contributed by atoms with Crippen molar-refractivity contribution >= 4 is 0 Å². The zero-order valence-electron chi connectivity index (χ0n) is 9.97. The van der Waals surface area contributed by atoms with Gasteiger partial charge in [0.1, 0.15) is 0 Å². The van der Waals surface area contributed by atoms with E-state index in [9.17, 15) is 0 Å². The van der Waals surface area contributed by atoms with E-state index < -0.39 is 0 Å². The minimum absolute atomic E-state index is 0.0419. The smallest absolute Gasteiger partial charge is 0.229 e. The van der Waals surface area contributed by atoms with Crippen molar-refractivity contribution in [2.24, 2.45) is 11.7 Å². The summed E-state index contributed by atoms with van der Waals surface area (Å²) < 4.78 is 10.9. The van der Waals surface area contributed by atoms with Crippen molar-refractivity contribution in [1.82, 2.24) is 10.1 Å². The lowest BCUT2D eigenvalue weighted by atomic mass is 10.1. The van der Waals surface area contributed by atoms with Gasteiger partial charge in [0.15, 0.2) is 5.82 Å². The molecule has 2 atom stereocenters. The second-order valence-corrected chi connectivity index (χ2v) is 5.10. The van der Waals surface area contributed by atoms with Crippen LogP contribution in [0.25, 0.3) is 0 Å². The molecule has 17 heavy (non-hydrogen) atoms. The number of nitrogens with zero attached hydrogens (tertiary/aromatic N) is 2. The van der Waals surface area contributed by atoms with Crippen LogP contribution in [-0.2, 0) is 11.2 Å². The zero-order valence-corrected chi connectivity index (χ0v) is 9.97. The fourth-order valence-electron chi connectivity index (χ4n) is 2.32. The van der Waals surface area contributed by atoms with Crippen LogP contribution in [0.4, 0.5) is 0 Å². The number of hydrogen-bond donors (Lipinski definition) is 1. The Hall–Kier alpha value is -0.940. The Labute approximate surface area is 101 Å². The van der Waals surface area contributed by atoms with Gasteiger partial charge in [0.25, 0.3) is 0 Å². The Kier molecular flexibility index (Phi) is 3.11. The first-order valence-electron chi connectivity index (χ1n) is 6.52. The molecule has 0 bridgehead atoms. The maximum absolute atomic E-state index is 6.03. The molecule has 2 unspecified atom stereocenters. The largest absolute Gasteiger partial charge is 0.378 e. The molecule has 0 radical (unpaired) electrons.